The van der Waals surface area contributed by atoms with E-state index in [0.717, 1.165) is 27.6 Å². The van der Waals surface area contributed by atoms with Gasteiger partial charge in [0, 0.05) is 5.39 Å². The van der Waals surface area contributed by atoms with Crippen LogP contribution in [0.2, 0.25) is 0 Å². The molecule has 0 spiro atoms. The second kappa shape index (κ2) is 7.91. The van der Waals surface area contributed by atoms with Crippen molar-refractivity contribution < 1.29 is 13.9 Å². The summed E-state index contributed by atoms with van der Waals surface area (Å²) in [6.07, 6.45) is 0. The first kappa shape index (κ1) is 18.8. The Kier molecular flexibility index (Phi) is 4.80. The van der Waals surface area contributed by atoms with Gasteiger partial charge in [-0.15, -0.1) is 0 Å². The van der Waals surface area contributed by atoms with Gasteiger partial charge in [-0.05, 0) is 55.5 Å². The number of hydrogen-bond acceptors (Lipinski definition) is 5. The minimum Gasteiger partial charge on any atom is -0.462 e. The molecule has 0 aliphatic rings. The van der Waals surface area contributed by atoms with Crippen molar-refractivity contribution in [2.24, 2.45) is 4.99 Å². The van der Waals surface area contributed by atoms with Crippen LogP contribution in [0, 0.1) is 0 Å². The fourth-order valence-corrected chi connectivity index (χ4v) is 3.41. The molecule has 0 radical (unpaired) electrons. The van der Waals surface area contributed by atoms with Crippen molar-refractivity contribution in [2.75, 3.05) is 6.61 Å². The normalized spacial score (nSPS) is 11.8. The summed E-state index contributed by atoms with van der Waals surface area (Å²) in [4.78, 5) is 24.7. The number of carbonyl (C=O) groups is 1. The van der Waals surface area contributed by atoms with Crippen LogP contribution in [0.15, 0.2) is 88.3 Å². The number of H-pyrrole nitrogens is 1. The van der Waals surface area contributed by atoms with E-state index in [9.17, 15) is 4.79 Å². The summed E-state index contributed by atoms with van der Waals surface area (Å²) in [5.74, 6) is 0.324. The smallest absolute Gasteiger partial charge is 0.338 e. The van der Waals surface area contributed by atoms with Crippen LogP contribution in [0.5, 0.6) is 0 Å². The highest BCUT2D eigenvalue weighted by molar-refractivity contribution is 5.89. The van der Waals surface area contributed by atoms with E-state index in [1.807, 2.05) is 54.6 Å². The highest BCUT2D eigenvalue weighted by Crippen LogP contribution is 2.23. The van der Waals surface area contributed by atoms with Crippen molar-refractivity contribution in [3.05, 3.63) is 90.0 Å². The van der Waals surface area contributed by atoms with Gasteiger partial charge < -0.3 is 14.1 Å². The van der Waals surface area contributed by atoms with Gasteiger partial charge in [0.25, 0.3) is 0 Å². The Morgan fingerprint density at radius 3 is 2.61 bits per heavy atom. The summed E-state index contributed by atoms with van der Waals surface area (Å²) in [6.45, 7) is 2.12. The maximum Gasteiger partial charge on any atom is 0.338 e. The number of nitrogens with zero attached hydrogens (tertiary/aromatic N) is 2. The third-order valence-corrected chi connectivity index (χ3v) is 4.91. The second-order valence-electron chi connectivity index (χ2n) is 6.98. The first-order chi connectivity index (χ1) is 15.2. The average Bonchev–Trinajstić information content (AvgIpc) is 3.23. The van der Waals surface area contributed by atoms with E-state index in [4.69, 9.17) is 19.1 Å². The van der Waals surface area contributed by atoms with E-state index in [0.29, 0.717) is 29.2 Å². The van der Waals surface area contributed by atoms with Crippen LogP contribution in [0.3, 0.4) is 0 Å². The van der Waals surface area contributed by atoms with E-state index >= 15 is 0 Å². The minimum atomic E-state index is -0.354. The summed E-state index contributed by atoms with van der Waals surface area (Å²) in [5, 5.41) is 0.953. The van der Waals surface area contributed by atoms with Gasteiger partial charge in [0.2, 0.25) is 5.55 Å². The number of ether oxygens (including phenoxy) is 1. The molecule has 152 valence electrons. The van der Waals surface area contributed by atoms with Gasteiger partial charge in [-0.25, -0.2) is 14.8 Å². The van der Waals surface area contributed by atoms with Gasteiger partial charge in [0.15, 0.2) is 0 Å². The molecule has 0 bridgehead atoms. The Bertz CT molecular complexity index is 1430. The lowest BCUT2D eigenvalue weighted by Gasteiger charge is -2.04. The van der Waals surface area contributed by atoms with Crippen LogP contribution >= 0.6 is 0 Å². The van der Waals surface area contributed by atoms with E-state index in [1.165, 1.54) is 0 Å². The highest BCUT2D eigenvalue weighted by atomic mass is 16.5. The summed E-state index contributed by atoms with van der Waals surface area (Å²) < 4.78 is 11.2. The highest BCUT2D eigenvalue weighted by Gasteiger charge is 2.12. The van der Waals surface area contributed by atoms with Crippen LogP contribution in [0.4, 0.5) is 5.69 Å². The third-order valence-electron chi connectivity index (χ3n) is 4.91. The van der Waals surface area contributed by atoms with Crippen molar-refractivity contribution in [1.29, 1.82) is 0 Å². The molecular weight excluding hydrogens is 390 g/mol. The predicted molar refractivity (Wildman–Crippen MR) is 119 cm³/mol. The topological polar surface area (TPSA) is 80.5 Å². The van der Waals surface area contributed by atoms with E-state index in [-0.39, 0.29) is 5.97 Å². The summed E-state index contributed by atoms with van der Waals surface area (Å²) in [7, 11) is 0. The Morgan fingerprint density at radius 2 is 1.81 bits per heavy atom. The van der Waals surface area contributed by atoms with Crippen molar-refractivity contribution in [3.8, 4) is 11.4 Å². The molecular formula is C25H19N3O3. The Morgan fingerprint density at radius 1 is 1.03 bits per heavy atom. The Hall–Kier alpha value is -4.19. The molecule has 0 atom stereocenters. The van der Waals surface area contributed by atoms with Crippen molar-refractivity contribution in [1.82, 2.24) is 9.97 Å². The molecule has 0 saturated carbocycles. The lowest BCUT2D eigenvalue weighted by Crippen LogP contribution is -2.06. The molecule has 0 aliphatic carbocycles. The summed E-state index contributed by atoms with van der Waals surface area (Å²) >= 11 is 0. The SMILES string of the molecule is CCOC(=O)c1ccc(N=c2oc3ccccc3cc2-c2nc3ccccc3[nH]2)cc1. The number of carbonyl (C=O) groups excluding carboxylic acids is 1. The number of benzene rings is 3. The zero-order chi connectivity index (χ0) is 21.2. The van der Waals surface area contributed by atoms with Crippen molar-refractivity contribution >= 4 is 33.7 Å². The minimum absolute atomic E-state index is 0.335. The number of aromatic amines is 1. The number of hydrogen-bond donors (Lipinski definition) is 1. The maximum atomic E-state index is 11.9. The number of aromatic nitrogens is 2. The number of esters is 1. The summed E-state index contributed by atoms with van der Waals surface area (Å²) in [6, 6.07) is 24.6. The van der Waals surface area contributed by atoms with Gasteiger partial charge in [-0.3, -0.25) is 0 Å². The molecule has 5 rings (SSSR count). The molecule has 0 saturated heterocycles. The fourth-order valence-electron chi connectivity index (χ4n) is 3.41. The molecule has 0 unspecified atom stereocenters. The van der Waals surface area contributed by atoms with Gasteiger partial charge in [0.05, 0.1) is 34.5 Å². The van der Waals surface area contributed by atoms with Gasteiger partial charge in [-0.2, -0.15) is 0 Å². The zero-order valence-corrected chi connectivity index (χ0v) is 16.8. The number of imidazole rings is 1. The molecule has 0 amide bonds. The average molecular weight is 409 g/mol. The first-order valence-corrected chi connectivity index (χ1v) is 10.0. The van der Waals surface area contributed by atoms with E-state index in [1.54, 1.807) is 31.2 Å². The number of rotatable bonds is 4. The van der Waals surface area contributed by atoms with E-state index in [2.05, 4.69) is 4.98 Å². The largest absolute Gasteiger partial charge is 0.462 e. The third kappa shape index (κ3) is 3.71. The van der Waals surface area contributed by atoms with Gasteiger partial charge in [-0.1, -0.05) is 30.3 Å². The second-order valence-corrected chi connectivity index (χ2v) is 6.98. The zero-order valence-electron chi connectivity index (χ0n) is 16.8. The summed E-state index contributed by atoms with van der Waals surface area (Å²) in [5.41, 5.74) is 4.86. The van der Waals surface area contributed by atoms with Gasteiger partial charge in [0.1, 0.15) is 11.4 Å². The van der Waals surface area contributed by atoms with Crippen LogP contribution in [0.1, 0.15) is 17.3 Å². The lowest BCUT2D eigenvalue weighted by molar-refractivity contribution is 0.0526. The number of fused-ring (bicyclic) bond motifs is 2. The number of para-hydroxylation sites is 3. The first-order valence-electron chi connectivity index (χ1n) is 10.0. The molecule has 2 heterocycles. The predicted octanol–water partition coefficient (Wildman–Crippen LogP) is 5.39. The molecule has 5 aromatic rings. The molecule has 31 heavy (non-hydrogen) atoms. The maximum absolute atomic E-state index is 11.9. The quantitative estimate of drug-likeness (QED) is 0.404. The monoisotopic (exact) mass is 409 g/mol. The molecule has 6 heteroatoms. The lowest BCUT2D eigenvalue weighted by atomic mass is 10.1. The van der Waals surface area contributed by atoms with Crippen LogP contribution in [-0.4, -0.2) is 22.5 Å². The van der Waals surface area contributed by atoms with Crippen LogP contribution in [-0.2, 0) is 4.74 Å². The Labute approximate surface area is 177 Å². The molecule has 0 fully saturated rings. The molecule has 3 aromatic carbocycles. The number of nitrogens with one attached hydrogen (secondary N) is 1. The molecule has 0 aliphatic heterocycles. The van der Waals surface area contributed by atoms with Gasteiger partial charge >= 0.3 is 5.97 Å². The molecule has 1 N–H and O–H groups in total. The van der Waals surface area contributed by atoms with Crippen molar-refractivity contribution in [3.63, 3.8) is 0 Å². The fraction of sp³-hybridized carbons (Fsp3) is 0.0800. The standard InChI is InChI=1S/C25H19N3O3/c1-2-30-25(29)16-11-13-18(14-12-16)26-24-19(15-17-7-3-6-10-22(17)31-24)23-27-20-8-4-5-9-21(20)28-23/h3-15H,2H2,1H3,(H,27,28). The Balaban J connectivity index is 1.66. The molecule has 6 nitrogen and oxygen atoms in total. The molecule has 2 aromatic heterocycles. The van der Waals surface area contributed by atoms with Crippen LogP contribution < -0.4 is 5.55 Å². The van der Waals surface area contributed by atoms with E-state index < -0.39 is 0 Å². The van der Waals surface area contributed by atoms with Crippen LogP contribution in [0.25, 0.3) is 33.4 Å². The van der Waals surface area contributed by atoms with Crippen molar-refractivity contribution in [2.45, 2.75) is 6.92 Å².